The summed E-state index contributed by atoms with van der Waals surface area (Å²) in [6.07, 6.45) is 0.953. The Morgan fingerprint density at radius 3 is 2.73 bits per heavy atom. The third-order valence-corrected chi connectivity index (χ3v) is 3.32. The third-order valence-electron chi connectivity index (χ3n) is 1.79. The Balaban J connectivity index is 2.78. The molecule has 0 radical (unpaired) electrons. The van der Waals surface area contributed by atoms with Crippen LogP contribution in [0.25, 0.3) is 0 Å². The second kappa shape index (κ2) is 5.73. The van der Waals surface area contributed by atoms with Crippen molar-refractivity contribution in [3.8, 4) is 5.75 Å². The predicted octanol–water partition coefficient (Wildman–Crippen LogP) is 1.13. The van der Waals surface area contributed by atoms with E-state index in [2.05, 4.69) is 16.3 Å². The summed E-state index contributed by atoms with van der Waals surface area (Å²) in [4.78, 5) is 0. The van der Waals surface area contributed by atoms with E-state index in [-0.39, 0.29) is 15.2 Å². The van der Waals surface area contributed by atoms with Crippen LogP contribution in [0, 0.1) is 0 Å². The Morgan fingerprint density at radius 1 is 1.40 bits per heavy atom. The molecular formula is C10H15N3OSe. The quantitative estimate of drug-likeness (QED) is 0.507. The summed E-state index contributed by atoms with van der Waals surface area (Å²) < 4.78 is 5.19. The van der Waals surface area contributed by atoms with Gasteiger partial charge in [-0.1, -0.05) is 0 Å². The Morgan fingerprint density at radius 2 is 2.13 bits per heavy atom. The Kier molecular flexibility index (Phi) is 4.59. The van der Waals surface area contributed by atoms with Crippen molar-refractivity contribution in [1.29, 1.82) is 0 Å². The number of rotatable bonds is 4. The molecule has 5 heteroatoms. The first-order valence-corrected chi connectivity index (χ1v) is 6.33. The number of aryl methyl sites for hydroxylation is 1. The van der Waals surface area contributed by atoms with Crippen LogP contribution in [0.2, 0.25) is 0 Å². The minimum absolute atomic E-state index is 0.0612. The Labute approximate surface area is 96.4 Å². The van der Waals surface area contributed by atoms with Gasteiger partial charge in [0.15, 0.2) is 0 Å². The molecule has 1 aromatic rings. The molecule has 0 heterocycles. The average Bonchev–Trinajstić information content (AvgIpc) is 2.17. The molecule has 0 atom stereocenters. The van der Waals surface area contributed by atoms with E-state index in [0.717, 1.165) is 10.9 Å². The predicted molar refractivity (Wildman–Crippen MR) is 61.4 cm³/mol. The molecule has 0 aromatic heterocycles. The molecule has 0 bridgehead atoms. The molecule has 0 aliphatic rings. The number of phenols is 1. The van der Waals surface area contributed by atoms with E-state index in [9.17, 15) is 5.11 Å². The van der Waals surface area contributed by atoms with Crippen molar-refractivity contribution < 1.29 is 5.11 Å². The molecule has 0 unspecified atom stereocenters. The fourth-order valence-corrected chi connectivity index (χ4v) is 2.68. The standard InChI is InChI=1S/C10H15N3OSe/c1-4-8-5-6-9(14)7-10(8)15-12-11-13(2)3/h5-7,14H,4H2,1-3H3. The molecule has 0 fully saturated rings. The van der Waals surface area contributed by atoms with Crippen LogP contribution >= 0.6 is 0 Å². The van der Waals surface area contributed by atoms with E-state index in [1.165, 1.54) is 5.56 Å². The zero-order chi connectivity index (χ0) is 11.3. The van der Waals surface area contributed by atoms with Crippen molar-refractivity contribution in [3.63, 3.8) is 0 Å². The van der Waals surface area contributed by atoms with E-state index in [0.29, 0.717) is 5.75 Å². The number of phenolic OH excluding ortho intramolecular Hbond substituents is 1. The van der Waals surface area contributed by atoms with Crippen molar-refractivity contribution in [1.82, 2.24) is 5.01 Å². The van der Waals surface area contributed by atoms with Crippen molar-refractivity contribution in [3.05, 3.63) is 23.8 Å². The molecule has 1 aromatic carbocycles. The maximum absolute atomic E-state index is 9.37. The average molecular weight is 272 g/mol. The number of hydrogen-bond acceptors (Lipinski definition) is 3. The van der Waals surface area contributed by atoms with Gasteiger partial charge in [-0.2, -0.15) is 0 Å². The van der Waals surface area contributed by atoms with Gasteiger partial charge in [-0.25, -0.2) is 0 Å². The van der Waals surface area contributed by atoms with Crippen molar-refractivity contribution in [2.45, 2.75) is 13.3 Å². The molecule has 82 valence electrons. The molecule has 1 rings (SSSR count). The van der Waals surface area contributed by atoms with Crippen LogP contribution in [0.5, 0.6) is 5.75 Å². The summed E-state index contributed by atoms with van der Waals surface area (Å²) in [6.45, 7) is 2.09. The van der Waals surface area contributed by atoms with E-state index in [1.54, 1.807) is 17.1 Å². The second-order valence-corrected chi connectivity index (χ2v) is 4.90. The van der Waals surface area contributed by atoms with Gasteiger partial charge in [-0.05, 0) is 0 Å². The van der Waals surface area contributed by atoms with Crippen LogP contribution in [-0.2, 0) is 6.42 Å². The van der Waals surface area contributed by atoms with Gasteiger partial charge in [0, 0.05) is 0 Å². The van der Waals surface area contributed by atoms with Crippen LogP contribution in [0.4, 0.5) is 0 Å². The van der Waals surface area contributed by atoms with Gasteiger partial charge < -0.3 is 0 Å². The van der Waals surface area contributed by atoms with E-state index in [1.807, 2.05) is 20.2 Å². The maximum atomic E-state index is 9.37. The van der Waals surface area contributed by atoms with E-state index < -0.39 is 0 Å². The van der Waals surface area contributed by atoms with Crippen LogP contribution in [0.15, 0.2) is 27.6 Å². The Hall–Kier alpha value is -1.06. The zero-order valence-corrected chi connectivity index (χ0v) is 10.8. The molecule has 1 N–H and O–H groups in total. The number of benzene rings is 1. The van der Waals surface area contributed by atoms with Gasteiger partial charge in [-0.15, -0.1) is 0 Å². The van der Waals surface area contributed by atoms with Gasteiger partial charge in [0.2, 0.25) is 0 Å². The first kappa shape index (κ1) is 12.0. The van der Waals surface area contributed by atoms with Crippen molar-refractivity contribution >= 4 is 19.6 Å². The zero-order valence-electron chi connectivity index (χ0n) is 9.14. The summed E-state index contributed by atoms with van der Waals surface area (Å²) in [5.41, 5.74) is 1.23. The molecule has 0 spiro atoms. The number of hydrogen-bond donors (Lipinski definition) is 1. The Bertz CT molecular complexity index is 353. The summed E-state index contributed by atoms with van der Waals surface area (Å²) in [5, 5.41) is 15.0. The summed E-state index contributed by atoms with van der Waals surface area (Å²) in [6, 6.07) is 5.42. The fraction of sp³-hybridized carbons (Fsp3) is 0.400. The molecular weight excluding hydrogens is 257 g/mol. The molecule has 15 heavy (non-hydrogen) atoms. The fourth-order valence-electron chi connectivity index (χ4n) is 1.06. The molecule has 4 nitrogen and oxygen atoms in total. The monoisotopic (exact) mass is 273 g/mol. The third kappa shape index (κ3) is 3.89. The topological polar surface area (TPSA) is 48.2 Å². The first-order valence-electron chi connectivity index (χ1n) is 4.70. The van der Waals surface area contributed by atoms with Crippen LogP contribution in [-0.4, -0.2) is 39.4 Å². The van der Waals surface area contributed by atoms with Gasteiger partial charge in [0.1, 0.15) is 0 Å². The normalized spacial score (nSPS) is 10.9. The molecule has 0 amide bonds. The van der Waals surface area contributed by atoms with Crippen LogP contribution in [0.3, 0.4) is 0 Å². The molecule has 0 saturated carbocycles. The minimum atomic E-state index is -0.0612. The summed E-state index contributed by atoms with van der Waals surface area (Å²) in [5.74, 6) is 0.295. The first-order chi connectivity index (χ1) is 7.13. The SMILES string of the molecule is CCc1ccc(O)cc1[Se]N=NN(C)C. The van der Waals surface area contributed by atoms with E-state index in [4.69, 9.17) is 0 Å². The molecule has 0 aliphatic carbocycles. The van der Waals surface area contributed by atoms with Gasteiger partial charge in [-0.3, -0.25) is 0 Å². The van der Waals surface area contributed by atoms with Gasteiger partial charge in [0.25, 0.3) is 0 Å². The van der Waals surface area contributed by atoms with Gasteiger partial charge in [0.05, 0.1) is 0 Å². The number of nitrogens with zero attached hydrogens (tertiary/aromatic N) is 3. The van der Waals surface area contributed by atoms with Crippen LogP contribution < -0.4 is 4.46 Å². The van der Waals surface area contributed by atoms with Gasteiger partial charge >= 0.3 is 96.1 Å². The summed E-state index contributed by atoms with van der Waals surface area (Å²) >= 11 is -0.0612. The molecule has 0 saturated heterocycles. The number of aromatic hydroxyl groups is 1. The van der Waals surface area contributed by atoms with Crippen molar-refractivity contribution in [2.24, 2.45) is 9.35 Å². The van der Waals surface area contributed by atoms with E-state index >= 15 is 0 Å². The summed E-state index contributed by atoms with van der Waals surface area (Å²) in [7, 11) is 3.67. The van der Waals surface area contributed by atoms with Crippen LogP contribution in [0.1, 0.15) is 12.5 Å². The van der Waals surface area contributed by atoms with Crippen molar-refractivity contribution in [2.75, 3.05) is 14.1 Å². The molecule has 0 aliphatic heterocycles. The second-order valence-electron chi connectivity index (χ2n) is 3.26.